The molecule has 0 radical (unpaired) electrons. The fraction of sp³-hybridized carbons (Fsp3) is 0.560. The Morgan fingerprint density at radius 2 is 1.81 bits per heavy atom. The average Bonchev–Trinajstić information content (AvgIpc) is 3.06. The SMILES string of the molecule is CC1CCN(CC(=O)N2CCCC(N(C)C(=O)c3nccc4ccccc34)CC2)CC1. The molecule has 1 aromatic heterocycles. The van der Waals surface area contributed by atoms with Crippen molar-refractivity contribution in [3.05, 3.63) is 42.2 Å². The van der Waals surface area contributed by atoms with Gasteiger partial charge in [0.15, 0.2) is 0 Å². The van der Waals surface area contributed by atoms with Gasteiger partial charge in [-0.2, -0.15) is 0 Å². The highest BCUT2D eigenvalue weighted by Crippen LogP contribution is 2.22. The van der Waals surface area contributed by atoms with Gasteiger partial charge in [-0.25, -0.2) is 0 Å². The smallest absolute Gasteiger partial charge is 0.273 e. The number of likely N-dealkylation sites (tertiary alicyclic amines) is 2. The second-order valence-corrected chi connectivity index (χ2v) is 9.22. The van der Waals surface area contributed by atoms with Crippen molar-refractivity contribution in [3.8, 4) is 0 Å². The van der Waals surface area contributed by atoms with Crippen LogP contribution in [-0.4, -0.2) is 77.3 Å². The van der Waals surface area contributed by atoms with Crippen LogP contribution in [0.1, 0.15) is 49.5 Å². The number of rotatable bonds is 4. The molecule has 166 valence electrons. The molecule has 1 atom stereocenters. The molecule has 4 rings (SSSR count). The van der Waals surface area contributed by atoms with Gasteiger partial charge in [0.05, 0.1) is 6.54 Å². The summed E-state index contributed by atoms with van der Waals surface area (Å²) in [6.45, 7) is 6.38. The molecule has 2 saturated heterocycles. The molecule has 1 aromatic carbocycles. The zero-order valence-corrected chi connectivity index (χ0v) is 18.8. The topological polar surface area (TPSA) is 56.8 Å². The summed E-state index contributed by atoms with van der Waals surface area (Å²) in [5, 5.41) is 1.92. The zero-order chi connectivity index (χ0) is 21.8. The third kappa shape index (κ3) is 5.06. The maximum atomic E-state index is 13.3. The van der Waals surface area contributed by atoms with Gasteiger partial charge in [0.1, 0.15) is 5.69 Å². The van der Waals surface area contributed by atoms with E-state index in [1.807, 2.05) is 47.2 Å². The second kappa shape index (κ2) is 9.77. The number of carbonyl (C=O) groups is 2. The number of benzene rings is 1. The Kier molecular flexibility index (Phi) is 6.86. The Hall–Kier alpha value is -2.47. The van der Waals surface area contributed by atoms with Crippen molar-refractivity contribution in [2.75, 3.05) is 39.8 Å². The minimum atomic E-state index is -0.0380. The van der Waals surface area contributed by atoms with Gasteiger partial charge in [0, 0.05) is 37.8 Å². The second-order valence-electron chi connectivity index (χ2n) is 9.22. The van der Waals surface area contributed by atoms with Crippen LogP contribution in [0.2, 0.25) is 0 Å². The molecule has 6 heteroatoms. The molecule has 0 aliphatic carbocycles. The Morgan fingerprint density at radius 3 is 2.61 bits per heavy atom. The fourth-order valence-electron chi connectivity index (χ4n) is 4.85. The number of pyridine rings is 1. The summed E-state index contributed by atoms with van der Waals surface area (Å²) in [5.74, 6) is 0.971. The number of fused-ring (bicyclic) bond motifs is 1. The summed E-state index contributed by atoms with van der Waals surface area (Å²) in [4.78, 5) is 36.7. The molecule has 2 aromatic rings. The number of amides is 2. The van der Waals surface area contributed by atoms with Crippen molar-refractivity contribution in [2.45, 2.75) is 45.1 Å². The van der Waals surface area contributed by atoms with E-state index in [0.29, 0.717) is 18.8 Å². The standard InChI is InChI=1S/C25H34N4O2/c1-19-10-15-28(16-11-19)18-23(30)29-14-5-7-21(12-17-29)27(2)25(31)24-22-8-4-3-6-20(22)9-13-26-24/h3-4,6,8-9,13,19,21H,5,7,10-12,14-18H2,1-2H3. The first-order chi connectivity index (χ1) is 15.0. The van der Waals surface area contributed by atoms with Crippen molar-refractivity contribution in [1.82, 2.24) is 19.7 Å². The van der Waals surface area contributed by atoms with Crippen LogP contribution in [0.3, 0.4) is 0 Å². The van der Waals surface area contributed by atoms with Crippen LogP contribution in [0.25, 0.3) is 10.8 Å². The predicted octanol–water partition coefficient (Wildman–Crippen LogP) is 3.42. The van der Waals surface area contributed by atoms with Gasteiger partial charge >= 0.3 is 0 Å². The van der Waals surface area contributed by atoms with E-state index in [2.05, 4.69) is 16.8 Å². The van der Waals surface area contributed by atoms with Crippen molar-refractivity contribution in [2.24, 2.45) is 5.92 Å². The summed E-state index contributed by atoms with van der Waals surface area (Å²) >= 11 is 0. The lowest BCUT2D eigenvalue weighted by atomic mass is 9.99. The minimum Gasteiger partial charge on any atom is -0.342 e. The van der Waals surface area contributed by atoms with Gasteiger partial charge in [-0.3, -0.25) is 19.5 Å². The number of aromatic nitrogens is 1. The molecule has 3 heterocycles. The lowest BCUT2D eigenvalue weighted by molar-refractivity contribution is -0.132. The molecule has 2 fully saturated rings. The molecule has 0 N–H and O–H groups in total. The van der Waals surface area contributed by atoms with Crippen LogP contribution in [-0.2, 0) is 4.79 Å². The largest absolute Gasteiger partial charge is 0.342 e. The average molecular weight is 423 g/mol. The lowest BCUT2D eigenvalue weighted by Crippen LogP contribution is -2.44. The van der Waals surface area contributed by atoms with Crippen LogP contribution in [0.4, 0.5) is 0 Å². The van der Waals surface area contributed by atoms with E-state index in [0.717, 1.165) is 55.6 Å². The predicted molar refractivity (Wildman–Crippen MR) is 123 cm³/mol. The van der Waals surface area contributed by atoms with E-state index in [1.54, 1.807) is 6.20 Å². The Balaban J connectivity index is 1.36. The van der Waals surface area contributed by atoms with Crippen LogP contribution < -0.4 is 0 Å². The van der Waals surface area contributed by atoms with Gasteiger partial charge in [0.25, 0.3) is 5.91 Å². The maximum absolute atomic E-state index is 13.3. The summed E-state index contributed by atoms with van der Waals surface area (Å²) in [5.41, 5.74) is 0.511. The van der Waals surface area contributed by atoms with Crippen molar-refractivity contribution in [3.63, 3.8) is 0 Å². The molecule has 0 bridgehead atoms. The van der Waals surface area contributed by atoms with Gasteiger partial charge in [-0.05, 0) is 62.6 Å². The summed E-state index contributed by atoms with van der Waals surface area (Å²) < 4.78 is 0. The Labute approximate surface area is 185 Å². The third-order valence-electron chi connectivity index (χ3n) is 7.03. The van der Waals surface area contributed by atoms with E-state index in [-0.39, 0.29) is 17.9 Å². The van der Waals surface area contributed by atoms with Crippen molar-refractivity contribution in [1.29, 1.82) is 0 Å². The van der Waals surface area contributed by atoms with Crippen LogP contribution in [0.15, 0.2) is 36.5 Å². The molecule has 0 saturated carbocycles. The Bertz CT molecular complexity index is 917. The summed E-state index contributed by atoms with van der Waals surface area (Å²) in [7, 11) is 1.88. The molecular weight excluding hydrogens is 388 g/mol. The van der Waals surface area contributed by atoms with E-state index < -0.39 is 0 Å². The Morgan fingerprint density at radius 1 is 1.03 bits per heavy atom. The zero-order valence-electron chi connectivity index (χ0n) is 18.8. The van der Waals surface area contributed by atoms with Crippen LogP contribution in [0, 0.1) is 5.92 Å². The lowest BCUT2D eigenvalue weighted by Gasteiger charge is -2.31. The van der Waals surface area contributed by atoms with E-state index in [1.165, 1.54) is 12.8 Å². The maximum Gasteiger partial charge on any atom is 0.273 e. The van der Waals surface area contributed by atoms with Crippen molar-refractivity contribution < 1.29 is 9.59 Å². The van der Waals surface area contributed by atoms with Crippen molar-refractivity contribution >= 4 is 22.6 Å². The van der Waals surface area contributed by atoms with Gasteiger partial charge in [-0.1, -0.05) is 31.2 Å². The van der Waals surface area contributed by atoms with Gasteiger partial charge in [-0.15, -0.1) is 0 Å². The molecule has 1 unspecified atom stereocenters. The fourth-order valence-corrected chi connectivity index (χ4v) is 4.85. The molecular formula is C25H34N4O2. The third-order valence-corrected chi connectivity index (χ3v) is 7.03. The molecule has 0 spiro atoms. The molecule has 2 amide bonds. The number of hydrogen-bond acceptors (Lipinski definition) is 4. The molecule has 2 aliphatic heterocycles. The molecule has 31 heavy (non-hydrogen) atoms. The van der Waals surface area contributed by atoms with Crippen LogP contribution in [0.5, 0.6) is 0 Å². The number of nitrogens with zero attached hydrogens (tertiary/aromatic N) is 4. The first-order valence-corrected chi connectivity index (χ1v) is 11.6. The number of hydrogen-bond donors (Lipinski definition) is 0. The van der Waals surface area contributed by atoms with E-state index in [9.17, 15) is 9.59 Å². The normalized spacial score (nSPS) is 21.1. The summed E-state index contributed by atoms with van der Waals surface area (Å²) in [6.07, 6.45) is 6.73. The highest BCUT2D eigenvalue weighted by atomic mass is 16.2. The highest BCUT2D eigenvalue weighted by Gasteiger charge is 2.28. The number of piperidine rings is 1. The first kappa shape index (κ1) is 21.8. The van der Waals surface area contributed by atoms with Gasteiger partial charge < -0.3 is 9.80 Å². The molecule has 2 aliphatic rings. The van der Waals surface area contributed by atoms with Gasteiger partial charge in [0.2, 0.25) is 5.91 Å². The van der Waals surface area contributed by atoms with E-state index in [4.69, 9.17) is 0 Å². The molecule has 6 nitrogen and oxygen atoms in total. The minimum absolute atomic E-state index is 0.0380. The quantitative estimate of drug-likeness (QED) is 0.758. The monoisotopic (exact) mass is 422 g/mol. The number of carbonyl (C=O) groups excluding carboxylic acids is 2. The van der Waals surface area contributed by atoms with E-state index >= 15 is 0 Å². The first-order valence-electron chi connectivity index (χ1n) is 11.6. The highest BCUT2D eigenvalue weighted by molar-refractivity contribution is 6.05. The summed E-state index contributed by atoms with van der Waals surface area (Å²) in [6, 6.07) is 9.94. The van der Waals surface area contributed by atoms with Crippen LogP contribution >= 0.6 is 0 Å².